The topological polar surface area (TPSA) is 81.1 Å². The summed E-state index contributed by atoms with van der Waals surface area (Å²) >= 11 is 0. The first-order valence-corrected chi connectivity index (χ1v) is 5.29. The van der Waals surface area contributed by atoms with Crippen molar-refractivity contribution in [1.82, 2.24) is 9.78 Å². The van der Waals surface area contributed by atoms with Crippen LogP contribution in [0.5, 0.6) is 0 Å². The van der Waals surface area contributed by atoms with E-state index in [1.807, 2.05) is 0 Å². The average Bonchev–Trinajstić information content (AvgIpc) is 2.65. The Morgan fingerprint density at radius 2 is 2.28 bits per heavy atom. The number of hydrogen-bond acceptors (Lipinski definition) is 3. The molecule has 0 amide bonds. The van der Waals surface area contributed by atoms with Gasteiger partial charge in [0.1, 0.15) is 5.82 Å². The lowest BCUT2D eigenvalue weighted by Gasteiger charge is -2.06. The zero-order valence-corrected chi connectivity index (χ0v) is 9.72. The maximum atomic E-state index is 13.6. The molecule has 1 aromatic heterocycles. The Labute approximate surface area is 103 Å². The van der Waals surface area contributed by atoms with E-state index in [1.165, 1.54) is 16.9 Å². The molecule has 0 unspecified atom stereocenters. The van der Waals surface area contributed by atoms with Gasteiger partial charge in [-0.2, -0.15) is 5.10 Å². The summed E-state index contributed by atoms with van der Waals surface area (Å²) in [5, 5.41) is 12.6. The first-order chi connectivity index (χ1) is 8.49. The predicted octanol–water partition coefficient (Wildman–Crippen LogP) is 1.66. The maximum absolute atomic E-state index is 13.6. The lowest BCUT2D eigenvalue weighted by atomic mass is 10.1. The monoisotopic (exact) mass is 249 g/mol. The number of nitrogens with zero attached hydrogens (tertiary/aromatic N) is 2. The SMILES string of the molecule is Cc1cccc(F)c1Cn1cc(N)c(C(=O)O)n1. The van der Waals surface area contributed by atoms with Crippen molar-refractivity contribution in [2.45, 2.75) is 13.5 Å². The van der Waals surface area contributed by atoms with Crippen molar-refractivity contribution in [3.63, 3.8) is 0 Å². The Morgan fingerprint density at radius 1 is 1.56 bits per heavy atom. The number of nitrogens with two attached hydrogens (primary N) is 1. The standard InChI is InChI=1S/C12H12FN3O2/c1-7-3-2-4-9(13)8(7)5-16-6-10(14)11(15-16)12(17)18/h2-4,6H,5,14H2,1H3,(H,17,18). The number of hydrogen-bond donors (Lipinski definition) is 2. The smallest absolute Gasteiger partial charge is 0.358 e. The summed E-state index contributed by atoms with van der Waals surface area (Å²) < 4.78 is 14.9. The van der Waals surface area contributed by atoms with Gasteiger partial charge in [0.25, 0.3) is 0 Å². The fourth-order valence-electron chi connectivity index (χ4n) is 1.71. The summed E-state index contributed by atoms with van der Waals surface area (Å²) in [4.78, 5) is 10.8. The van der Waals surface area contributed by atoms with Gasteiger partial charge < -0.3 is 10.8 Å². The van der Waals surface area contributed by atoms with Crippen molar-refractivity contribution >= 4 is 11.7 Å². The second-order valence-corrected chi connectivity index (χ2v) is 3.97. The molecule has 6 heteroatoms. The molecule has 1 aromatic carbocycles. The van der Waals surface area contributed by atoms with Crippen molar-refractivity contribution in [1.29, 1.82) is 0 Å². The molecule has 0 aliphatic carbocycles. The van der Waals surface area contributed by atoms with E-state index in [2.05, 4.69) is 5.10 Å². The lowest BCUT2D eigenvalue weighted by Crippen LogP contribution is -2.06. The van der Waals surface area contributed by atoms with E-state index in [9.17, 15) is 9.18 Å². The summed E-state index contributed by atoms with van der Waals surface area (Å²) in [6.07, 6.45) is 1.38. The van der Waals surface area contributed by atoms with E-state index < -0.39 is 5.97 Å². The molecule has 0 bridgehead atoms. The third-order valence-electron chi connectivity index (χ3n) is 2.67. The van der Waals surface area contributed by atoms with Gasteiger partial charge >= 0.3 is 5.97 Å². The van der Waals surface area contributed by atoms with E-state index in [4.69, 9.17) is 10.8 Å². The molecule has 0 saturated carbocycles. The van der Waals surface area contributed by atoms with E-state index in [0.717, 1.165) is 5.56 Å². The molecule has 5 nitrogen and oxygen atoms in total. The summed E-state index contributed by atoms with van der Waals surface area (Å²) in [6, 6.07) is 4.75. The number of rotatable bonds is 3. The molecule has 0 saturated heterocycles. The zero-order valence-electron chi connectivity index (χ0n) is 9.72. The molecular weight excluding hydrogens is 237 g/mol. The van der Waals surface area contributed by atoms with E-state index in [1.54, 1.807) is 19.1 Å². The Morgan fingerprint density at radius 3 is 2.83 bits per heavy atom. The number of aryl methyl sites for hydroxylation is 1. The number of carbonyl (C=O) groups is 1. The van der Waals surface area contributed by atoms with Crippen molar-refractivity contribution in [3.8, 4) is 0 Å². The predicted molar refractivity (Wildman–Crippen MR) is 63.8 cm³/mol. The largest absolute Gasteiger partial charge is 0.476 e. The first kappa shape index (κ1) is 12.1. The molecule has 1 heterocycles. The van der Waals surface area contributed by atoms with Crippen molar-refractivity contribution in [2.75, 3.05) is 5.73 Å². The summed E-state index contributed by atoms with van der Waals surface area (Å²) in [5.74, 6) is -1.54. The zero-order chi connectivity index (χ0) is 13.3. The molecule has 0 spiro atoms. The second kappa shape index (κ2) is 4.48. The number of halogens is 1. The molecular formula is C12H12FN3O2. The van der Waals surface area contributed by atoms with Crippen LogP contribution in [0.3, 0.4) is 0 Å². The van der Waals surface area contributed by atoms with Crippen LogP contribution in [0.15, 0.2) is 24.4 Å². The number of carboxylic acids is 1. The van der Waals surface area contributed by atoms with Crippen molar-refractivity contribution < 1.29 is 14.3 Å². The third-order valence-corrected chi connectivity index (χ3v) is 2.67. The Hall–Kier alpha value is -2.37. The van der Waals surface area contributed by atoms with E-state index in [0.29, 0.717) is 5.56 Å². The molecule has 2 aromatic rings. The minimum atomic E-state index is -1.20. The lowest BCUT2D eigenvalue weighted by molar-refractivity contribution is 0.0690. The van der Waals surface area contributed by atoms with Crippen molar-refractivity contribution in [2.24, 2.45) is 0 Å². The normalized spacial score (nSPS) is 10.6. The summed E-state index contributed by atoms with van der Waals surface area (Å²) in [5.41, 5.74) is 6.61. The molecule has 0 aliphatic rings. The highest BCUT2D eigenvalue weighted by Gasteiger charge is 2.14. The molecule has 0 fully saturated rings. The molecule has 2 rings (SSSR count). The number of aromatic carboxylic acids is 1. The van der Waals surface area contributed by atoms with Gasteiger partial charge in [-0.3, -0.25) is 4.68 Å². The minimum Gasteiger partial charge on any atom is -0.476 e. The van der Waals surface area contributed by atoms with Crippen LogP contribution in [0, 0.1) is 12.7 Å². The van der Waals surface area contributed by atoms with Crippen LogP contribution in [0.4, 0.5) is 10.1 Å². The van der Waals surface area contributed by atoms with Crippen LogP contribution >= 0.6 is 0 Å². The summed E-state index contributed by atoms with van der Waals surface area (Å²) in [6.45, 7) is 1.93. The first-order valence-electron chi connectivity index (χ1n) is 5.29. The molecule has 0 atom stereocenters. The number of benzene rings is 1. The van der Waals surface area contributed by atoms with Crippen LogP contribution < -0.4 is 5.73 Å². The van der Waals surface area contributed by atoms with Crippen molar-refractivity contribution in [3.05, 3.63) is 47.0 Å². The molecule has 0 aliphatic heterocycles. The minimum absolute atomic E-state index is 0.0662. The van der Waals surface area contributed by atoms with Crippen LogP contribution in [0.25, 0.3) is 0 Å². The molecule has 3 N–H and O–H groups in total. The van der Waals surface area contributed by atoms with E-state index >= 15 is 0 Å². The molecule has 0 radical (unpaired) electrons. The van der Waals surface area contributed by atoms with Crippen LogP contribution in [0.1, 0.15) is 21.6 Å². The Kier molecular flexibility index (Phi) is 3.01. The molecule has 94 valence electrons. The third kappa shape index (κ3) is 2.17. The quantitative estimate of drug-likeness (QED) is 0.866. The fraction of sp³-hybridized carbons (Fsp3) is 0.167. The van der Waals surface area contributed by atoms with Crippen LogP contribution in [-0.4, -0.2) is 20.9 Å². The van der Waals surface area contributed by atoms with E-state index in [-0.39, 0.29) is 23.7 Å². The summed E-state index contributed by atoms with van der Waals surface area (Å²) in [7, 11) is 0. The second-order valence-electron chi connectivity index (χ2n) is 3.97. The van der Waals surface area contributed by atoms with Gasteiger partial charge in [0.05, 0.1) is 12.2 Å². The highest BCUT2D eigenvalue weighted by molar-refractivity contribution is 5.91. The number of carboxylic acid groups (broad SMARTS) is 1. The van der Waals surface area contributed by atoms with Gasteiger partial charge in [-0.25, -0.2) is 9.18 Å². The average molecular weight is 249 g/mol. The fourth-order valence-corrected chi connectivity index (χ4v) is 1.71. The van der Waals surface area contributed by atoms with Gasteiger partial charge in [0.2, 0.25) is 0 Å². The Bertz CT molecular complexity index is 587. The highest BCUT2D eigenvalue weighted by Crippen LogP contribution is 2.16. The van der Waals surface area contributed by atoms with Gasteiger partial charge in [-0.05, 0) is 18.6 Å². The number of anilines is 1. The number of aromatic nitrogens is 2. The maximum Gasteiger partial charge on any atom is 0.358 e. The van der Waals surface area contributed by atoms with Crippen LogP contribution in [0.2, 0.25) is 0 Å². The van der Waals surface area contributed by atoms with Gasteiger partial charge in [-0.1, -0.05) is 12.1 Å². The molecule has 18 heavy (non-hydrogen) atoms. The van der Waals surface area contributed by atoms with Gasteiger partial charge in [0, 0.05) is 11.8 Å². The Balaban J connectivity index is 2.35. The number of nitrogen functional groups attached to an aromatic ring is 1. The highest BCUT2D eigenvalue weighted by atomic mass is 19.1. The van der Waals surface area contributed by atoms with Gasteiger partial charge in [0.15, 0.2) is 5.69 Å². The van der Waals surface area contributed by atoms with Gasteiger partial charge in [-0.15, -0.1) is 0 Å². The van der Waals surface area contributed by atoms with Crippen LogP contribution in [-0.2, 0) is 6.54 Å².